The number of carbonyl (C=O) groups is 1. The summed E-state index contributed by atoms with van der Waals surface area (Å²) in [4.78, 5) is 12.7. The van der Waals surface area contributed by atoms with Crippen molar-refractivity contribution in [2.45, 2.75) is 57.4 Å². The van der Waals surface area contributed by atoms with Gasteiger partial charge in [-0.3, -0.25) is 4.79 Å². The van der Waals surface area contributed by atoms with Crippen molar-refractivity contribution in [3.63, 3.8) is 0 Å². The molecule has 118 valence electrons. The van der Waals surface area contributed by atoms with Crippen molar-refractivity contribution in [1.29, 1.82) is 0 Å². The van der Waals surface area contributed by atoms with Crippen molar-refractivity contribution in [2.24, 2.45) is 5.73 Å². The molecule has 3 nitrogen and oxygen atoms in total. The van der Waals surface area contributed by atoms with Crippen molar-refractivity contribution < 1.29 is 4.79 Å². The molecule has 1 aromatic carbocycles. The minimum atomic E-state index is -0.316. The lowest BCUT2D eigenvalue weighted by atomic mass is 9.77. The summed E-state index contributed by atoms with van der Waals surface area (Å²) in [6, 6.07) is 8.54. The first-order valence-corrected chi connectivity index (χ1v) is 7.66. The van der Waals surface area contributed by atoms with Crippen LogP contribution in [0.4, 0.5) is 0 Å². The zero-order valence-electron chi connectivity index (χ0n) is 13.0. The number of hydrogen-bond donors (Lipinski definition) is 2. The predicted octanol–water partition coefficient (Wildman–Crippen LogP) is 3.08. The van der Waals surface area contributed by atoms with Crippen LogP contribution in [0.15, 0.2) is 24.3 Å². The molecule has 1 amide bonds. The molecule has 21 heavy (non-hydrogen) atoms. The third kappa shape index (κ3) is 4.21. The molecular weight excluding hydrogens is 284 g/mol. The second-order valence-electron chi connectivity index (χ2n) is 6.18. The molecule has 0 spiro atoms. The van der Waals surface area contributed by atoms with E-state index >= 15 is 0 Å². The molecule has 0 saturated heterocycles. The second-order valence-corrected chi connectivity index (χ2v) is 6.18. The summed E-state index contributed by atoms with van der Waals surface area (Å²) >= 11 is 0. The van der Waals surface area contributed by atoms with Crippen LogP contribution >= 0.6 is 12.4 Å². The molecule has 0 bridgehead atoms. The molecule has 0 aliphatic heterocycles. The number of aryl methyl sites for hydroxylation is 1. The van der Waals surface area contributed by atoms with Gasteiger partial charge in [-0.15, -0.1) is 12.4 Å². The molecule has 3 N–H and O–H groups in total. The molecule has 1 aliphatic carbocycles. The highest BCUT2D eigenvalue weighted by atomic mass is 35.5. The Morgan fingerprint density at radius 1 is 1.38 bits per heavy atom. The first-order valence-electron chi connectivity index (χ1n) is 7.66. The minimum Gasteiger partial charge on any atom is -0.355 e. The van der Waals surface area contributed by atoms with Crippen LogP contribution in [-0.2, 0) is 10.2 Å². The topological polar surface area (TPSA) is 55.1 Å². The van der Waals surface area contributed by atoms with Crippen LogP contribution in [0, 0.1) is 6.92 Å². The van der Waals surface area contributed by atoms with Crippen molar-refractivity contribution in [3.05, 3.63) is 35.4 Å². The molecule has 0 aromatic heterocycles. The standard InChI is InChI=1S/C17H26N2O.ClH/c1-13-6-5-7-15(12-13)17(9-3-4-10-17)16(20)19-11-8-14(2)18;/h5-7,12,14H,3-4,8-11,18H2,1-2H3,(H,19,20);1H. The fourth-order valence-corrected chi connectivity index (χ4v) is 3.15. The van der Waals surface area contributed by atoms with Crippen LogP contribution < -0.4 is 11.1 Å². The number of rotatable bonds is 5. The van der Waals surface area contributed by atoms with Gasteiger partial charge in [0.25, 0.3) is 0 Å². The molecule has 1 saturated carbocycles. The number of benzene rings is 1. The van der Waals surface area contributed by atoms with E-state index in [9.17, 15) is 4.79 Å². The van der Waals surface area contributed by atoms with Crippen molar-refractivity contribution in [1.82, 2.24) is 5.32 Å². The van der Waals surface area contributed by atoms with Gasteiger partial charge in [-0.05, 0) is 38.7 Å². The highest BCUT2D eigenvalue weighted by molar-refractivity contribution is 5.88. The van der Waals surface area contributed by atoms with Gasteiger partial charge in [0.2, 0.25) is 5.91 Å². The third-order valence-electron chi connectivity index (χ3n) is 4.35. The largest absolute Gasteiger partial charge is 0.355 e. The zero-order valence-corrected chi connectivity index (χ0v) is 13.8. The number of hydrogen-bond acceptors (Lipinski definition) is 2. The van der Waals surface area contributed by atoms with Crippen LogP contribution in [0.3, 0.4) is 0 Å². The molecule has 4 heteroatoms. The maximum Gasteiger partial charge on any atom is 0.230 e. The lowest BCUT2D eigenvalue weighted by Crippen LogP contribution is -2.43. The Labute approximate surface area is 134 Å². The lowest BCUT2D eigenvalue weighted by molar-refractivity contribution is -0.126. The van der Waals surface area contributed by atoms with Crippen LogP contribution in [0.25, 0.3) is 0 Å². The van der Waals surface area contributed by atoms with Gasteiger partial charge in [0.1, 0.15) is 0 Å². The number of nitrogens with two attached hydrogens (primary N) is 1. The average Bonchev–Trinajstić information content (AvgIpc) is 2.88. The summed E-state index contributed by atoms with van der Waals surface area (Å²) in [5.74, 6) is 0.182. The van der Waals surface area contributed by atoms with Crippen LogP contribution in [0.2, 0.25) is 0 Å². The van der Waals surface area contributed by atoms with Gasteiger partial charge >= 0.3 is 0 Å². The molecule has 2 rings (SSSR count). The number of amides is 1. The summed E-state index contributed by atoms with van der Waals surface area (Å²) in [6.45, 7) is 4.72. The molecule has 0 radical (unpaired) electrons. The van der Waals surface area contributed by atoms with E-state index in [-0.39, 0.29) is 29.8 Å². The number of nitrogens with one attached hydrogen (secondary N) is 1. The first kappa shape index (κ1) is 18.0. The Kier molecular flexibility index (Phi) is 6.69. The van der Waals surface area contributed by atoms with E-state index in [1.807, 2.05) is 6.92 Å². The SMILES string of the molecule is Cc1cccc(C2(C(=O)NCCC(C)N)CCCC2)c1.Cl. The molecular formula is C17H27ClN2O. The molecule has 1 fully saturated rings. The van der Waals surface area contributed by atoms with E-state index in [4.69, 9.17) is 5.73 Å². The Hall–Kier alpha value is -1.06. The van der Waals surface area contributed by atoms with E-state index in [1.165, 1.54) is 11.1 Å². The smallest absolute Gasteiger partial charge is 0.230 e. The predicted molar refractivity (Wildman–Crippen MR) is 89.8 cm³/mol. The Morgan fingerprint density at radius 2 is 2.05 bits per heavy atom. The number of carbonyl (C=O) groups excluding carboxylic acids is 1. The van der Waals surface area contributed by atoms with Gasteiger partial charge in [0.05, 0.1) is 5.41 Å². The second kappa shape index (κ2) is 7.81. The average molecular weight is 311 g/mol. The highest BCUT2D eigenvalue weighted by Crippen LogP contribution is 2.41. The third-order valence-corrected chi connectivity index (χ3v) is 4.35. The van der Waals surface area contributed by atoms with Gasteiger partial charge in [-0.25, -0.2) is 0 Å². The maximum absolute atomic E-state index is 12.7. The fourth-order valence-electron chi connectivity index (χ4n) is 3.15. The van der Waals surface area contributed by atoms with Gasteiger partial charge in [-0.2, -0.15) is 0 Å². The molecule has 1 aliphatic rings. The summed E-state index contributed by atoms with van der Waals surface area (Å²) in [7, 11) is 0. The van der Waals surface area contributed by atoms with Gasteiger partial charge < -0.3 is 11.1 Å². The Morgan fingerprint density at radius 3 is 2.62 bits per heavy atom. The van der Waals surface area contributed by atoms with E-state index in [0.717, 1.165) is 32.1 Å². The summed E-state index contributed by atoms with van der Waals surface area (Å²) in [5, 5.41) is 3.10. The molecule has 1 unspecified atom stereocenters. The zero-order chi connectivity index (χ0) is 14.6. The monoisotopic (exact) mass is 310 g/mol. The van der Waals surface area contributed by atoms with Crippen molar-refractivity contribution in [2.75, 3.05) is 6.54 Å². The molecule has 1 atom stereocenters. The minimum absolute atomic E-state index is 0. The summed E-state index contributed by atoms with van der Waals surface area (Å²) in [5.41, 5.74) is 7.82. The van der Waals surface area contributed by atoms with Gasteiger partial charge in [0, 0.05) is 12.6 Å². The highest BCUT2D eigenvalue weighted by Gasteiger charge is 2.42. The van der Waals surface area contributed by atoms with E-state index < -0.39 is 0 Å². The summed E-state index contributed by atoms with van der Waals surface area (Å²) in [6.07, 6.45) is 5.01. The fraction of sp³-hybridized carbons (Fsp3) is 0.588. The Balaban J connectivity index is 0.00000220. The van der Waals surface area contributed by atoms with Crippen molar-refractivity contribution >= 4 is 18.3 Å². The van der Waals surface area contributed by atoms with E-state index in [2.05, 4.69) is 36.5 Å². The quantitative estimate of drug-likeness (QED) is 0.878. The van der Waals surface area contributed by atoms with Crippen LogP contribution in [0.5, 0.6) is 0 Å². The Bertz CT molecular complexity index is 468. The molecule has 0 heterocycles. The number of halogens is 1. The molecule has 1 aromatic rings. The lowest BCUT2D eigenvalue weighted by Gasteiger charge is -2.29. The summed E-state index contributed by atoms with van der Waals surface area (Å²) < 4.78 is 0. The van der Waals surface area contributed by atoms with Gasteiger partial charge in [0.15, 0.2) is 0 Å². The van der Waals surface area contributed by atoms with Crippen molar-refractivity contribution in [3.8, 4) is 0 Å². The van der Waals surface area contributed by atoms with E-state index in [0.29, 0.717) is 6.54 Å². The van der Waals surface area contributed by atoms with E-state index in [1.54, 1.807) is 0 Å². The maximum atomic E-state index is 12.7. The van der Waals surface area contributed by atoms with Crippen LogP contribution in [-0.4, -0.2) is 18.5 Å². The first-order chi connectivity index (χ1) is 9.54. The van der Waals surface area contributed by atoms with Crippen LogP contribution in [0.1, 0.15) is 50.2 Å². The van der Waals surface area contributed by atoms with Gasteiger partial charge in [-0.1, -0.05) is 42.7 Å². The normalized spacial score (nSPS) is 17.9.